The number of aromatic nitrogens is 1. The summed E-state index contributed by atoms with van der Waals surface area (Å²) in [5.74, 6) is 0.572. The minimum Gasteiger partial charge on any atom is -0.341 e. The van der Waals surface area contributed by atoms with E-state index in [0.717, 1.165) is 33.3 Å². The molecule has 1 aliphatic rings. The Hall–Kier alpha value is -1.36. The van der Waals surface area contributed by atoms with E-state index in [0.29, 0.717) is 19.0 Å². The maximum Gasteiger partial charge on any atom is 0.254 e. The largest absolute Gasteiger partial charge is 0.341 e. The van der Waals surface area contributed by atoms with Crippen molar-refractivity contribution >= 4 is 41.6 Å². The van der Waals surface area contributed by atoms with Crippen LogP contribution in [0.25, 0.3) is 10.9 Å². The van der Waals surface area contributed by atoms with E-state index < -0.39 is 0 Å². The number of carbonyl (C=O) groups is 1. The van der Waals surface area contributed by atoms with Gasteiger partial charge in [0.2, 0.25) is 0 Å². The van der Waals surface area contributed by atoms with Crippen molar-refractivity contribution in [3.63, 3.8) is 0 Å². The lowest BCUT2D eigenvalue weighted by Gasteiger charge is -2.29. The minimum absolute atomic E-state index is 0. The van der Waals surface area contributed by atoms with E-state index in [-0.39, 0.29) is 36.1 Å². The van der Waals surface area contributed by atoms with Gasteiger partial charge in [0.15, 0.2) is 0 Å². The second kappa shape index (κ2) is 8.76. The van der Waals surface area contributed by atoms with Crippen LogP contribution in [0.5, 0.6) is 0 Å². The first-order valence-electron chi connectivity index (χ1n) is 9.09. The Kier molecular flexibility index (Phi) is 7.69. The lowest BCUT2D eigenvalue weighted by molar-refractivity contribution is 0.0742. The zero-order chi connectivity index (χ0) is 18.4. The van der Waals surface area contributed by atoms with Crippen LogP contribution >= 0.6 is 24.8 Å². The molecule has 1 aromatic heterocycles. The number of nitrogens with two attached hydrogens (primary N) is 1. The van der Waals surface area contributed by atoms with Crippen molar-refractivity contribution in [3.05, 3.63) is 40.6 Å². The summed E-state index contributed by atoms with van der Waals surface area (Å²) in [7, 11) is 1.87. The van der Waals surface area contributed by atoms with Crippen LogP contribution in [0.3, 0.4) is 0 Å². The summed E-state index contributed by atoms with van der Waals surface area (Å²) >= 11 is 0. The summed E-state index contributed by atoms with van der Waals surface area (Å²) in [6.07, 6.45) is 2.35. The Morgan fingerprint density at radius 2 is 1.85 bits per heavy atom. The van der Waals surface area contributed by atoms with Crippen LogP contribution in [0, 0.1) is 19.3 Å². The molecule has 1 fully saturated rings. The molecule has 1 saturated carbocycles. The Morgan fingerprint density at radius 1 is 1.22 bits per heavy atom. The van der Waals surface area contributed by atoms with E-state index in [2.05, 4.69) is 39.8 Å². The van der Waals surface area contributed by atoms with Crippen LogP contribution in [-0.2, 0) is 0 Å². The maximum atomic E-state index is 13.2. The molecule has 6 heteroatoms. The number of fused-ring (bicyclic) bond motifs is 1. The molecule has 0 aliphatic heterocycles. The zero-order valence-electron chi connectivity index (χ0n) is 16.8. The van der Waals surface area contributed by atoms with E-state index in [4.69, 9.17) is 10.7 Å². The van der Waals surface area contributed by atoms with Gasteiger partial charge in [0.25, 0.3) is 5.91 Å². The van der Waals surface area contributed by atoms with Gasteiger partial charge >= 0.3 is 0 Å². The highest BCUT2D eigenvalue weighted by molar-refractivity contribution is 6.07. The van der Waals surface area contributed by atoms with Gasteiger partial charge in [0.05, 0.1) is 11.1 Å². The van der Waals surface area contributed by atoms with Gasteiger partial charge in [0, 0.05) is 30.6 Å². The van der Waals surface area contributed by atoms with Gasteiger partial charge in [-0.2, -0.15) is 0 Å². The van der Waals surface area contributed by atoms with Gasteiger partial charge in [-0.15, -0.1) is 24.8 Å². The molecule has 2 aromatic rings. The van der Waals surface area contributed by atoms with Gasteiger partial charge < -0.3 is 10.6 Å². The molecule has 0 spiro atoms. The quantitative estimate of drug-likeness (QED) is 0.779. The standard InChI is InChI=1S/C21H29N3O.2ClH/c1-13-8-14(2)19-16(9-13)17(10-18(23-19)15-6-7-15)20(25)24(5)12-21(3,4)11-22;;/h8-10,15H,6-7,11-12,22H2,1-5H3;2*1H. The average Bonchev–Trinajstić information content (AvgIpc) is 3.38. The number of amides is 1. The summed E-state index contributed by atoms with van der Waals surface area (Å²) in [6, 6.07) is 6.25. The van der Waals surface area contributed by atoms with Crippen LogP contribution in [-0.4, -0.2) is 35.9 Å². The van der Waals surface area contributed by atoms with Crippen molar-refractivity contribution < 1.29 is 4.79 Å². The molecule has 2 N–H and O–H groups in total. The second-order valence-electron chi connectivity index (χ2n) is 8.38. The van der Waals surface area contributed by atoms with Gasteiger partial charge in [-0.05, 0) is 56.3 Å². The topological polar surface area (TPSA) is 59.2 Å². The molecule has 150 valence electrons. The number of hydrogen-bond acceptors (Lipinski definition) is 3. The number of pyridine rings is 1. The number of benzene rings is 1. The monoisotopic (exact) mass is 411 g/mol. The molecule has 0 bridgehead atoms. The average molecular weight is 412 g/mol. The Balaban J connectivity index is 0.00000182. The highest BCUT2D eigenvalue weighted by atomic mass is 35.5. The molecule has 1 amide bonds. The third kappa shape index (κ3) is 5.13. The molecule has 0 radical (unpaired) electrons. The molecule has 0 saturated heterocycles. The highest BCUT2D eigenvalue weighted by Gasteiger charge is 2.29. The van der Waals surface area contributed by atoms with E-state index in [9.17, 15) is 4.79 Å². The molecule has 1 heterocycles. The SMILES string of the molecule is Cc1cc(C)c2nc(C3CC3)cc(C(=O)N(C)CC(C)(C)CN)c2c1.Cl.Cl. The Morgan fingerprint density at radius 3 is 2.41 bits per heavy atom. The lowest BCUT2D eigenvalue weighted by Crippen LogP contribution is -2.39. The van der Waals surface area contributed by atoms with E-state index in [1.807, 2.05) is 13.1 Å². The zero-order valence-corrected chi connectivity index (χ0v) is 18.5. The fourth-order valence-electron chi connectivity index (χ4n) is 3.45. The Labute approximate surface area is 174 Å². The van der Waals surface area contributed by atoms with Crippen molar-refractivity contribution in [3.8, 4) is 0 Å². The Bertz CT molecular complexity index is 832. The molecule has 1 aromatic carbocycles. The summed E-state index contributed by atoms with van der Waals surface area (Å²) in [4.78, 5) is 19.9. The first-order valence-corrected chi connectivity index (χ1v) is 9.09. The molecule has 0 atom stereocenters. The third-order valence-corrected chi connectivity index (χ3v) is 5.06. The number of nitrogens with zero attached hydrogens (tertiary/aromatic N) is 2. The van der Waals surface area contributed by atoms with Gasteiger partial charge in [-0.1, -0.05) is 25.5 Å². The number of hydrogen-bond donors (Lipinski definition) is 1. The minimum atomic E-state index is -0.0988. The summed E-state index contributed by atoms with van der Waals surface area (Å²) < 4.78 is 0. The first kappa shape index (κ1) is 23.7. The van der Waals surface area contributed by atoms with Crippen LogP contribution in [0.4, 0.5) is 0 Å². The predicted octanol–water partition coefficient (Wildman–Crippen LogP) is 4.63. The van der Waals surface area contributed by atoms with Crippen molar-refractivity contribution in [2.75, 3.05) is 20.1 Å². The summed E-state index contributed by atoms with van der Waals surface area (Å²) in [5.41, 5.74) is 10.8. The van der Waals surface area contributed by atoms with Crippen LogP contribution < -0.4 is 5.73 Å². The summed E-state index contributed by atoms with van der Waals surface area (Å²) in [5, 5.41) is 0.962. The van der Waals surface area contributed by atoms with Crippen LogP contribution in [0.2, 0.25) is 0 Å². The van der Waals surface area contributed by atoms with E-state index in [1.165, 1.54) is 12.8 Å². The smallest absolute Gasteiger partial charge is 0.254 e. The van der Waals surface area contributed by atoms with Gasteiger partial charge in [-0.25, -0.2) is 0 Å². The van der Waals surface area contributed by atoms with Crippen LogP contribution in [0.15, 0.2) is 18.2 Å². The number of carbonyl (C=O) groups excluding carboxylic acids is 1. The van der Waals surface area contributed by atoms with E-state index in [1.54, 1.807) is 4.90 Å². The molecule has 27 heavy (non-hydrogen) atoms. The lowest BCUT2D eigenvalue weighted by atomic mass is 9.92. The molecule has 3 rings (SSSR count). The first-order chi connectivity index (χ1) is 11.7. The predicted molar refractivity (Wildman–Crippen MR) is 117 cm³/mol. The number of halogens is 2. The molecule has 1 aliphatic carbocycles. The fourth-order valence-corrected chi connectivity index (χ4v) is 3.45. The van der Waals surface area contributed by atoms with Crippen molar-refractivity contribution in [1.82, 2.24) is 9.88 Å². The maximum absolute atomic E-state index is 13.2. The van der Waals surface area contributed by atoms with Gasteiger partial charge in [-0.3, -0.25) is 9.78 Å². The molecule has 4 nitrogen and oxygen atoms in total. The molecule has 0 unspecified atom stereocenters. The molecular formula is C21H31Cl2N3O. The highest BCUT2D eigenvalue weighted by Crippen LogP contribution is 2.40. The van der Waals surface area contributed by atoms with Gasteiger partial charge in [0.1, 0.15) is 0 Å². The number of aryl methyl sites for hydroxylation is 2. The van der Waals surface area contributed by atoms with Crippen molar-refractivity contribution in [2.24, 2.45) is 11.1 Å². The van der Waals surface area contributed by atoms with Crippen molar-refractivity contribution in [1.29, 1.82) is 0 Å². The van der Waals surface area contributed by atoms with E-state index >= 15 is 0 Å². The third-order valence-electron chi connectivity index (χ3n) is 5.06. The normalized spacial score (nSPS) is 13.7. The van der Waals surface area contributed by atoms with Crippen LogP contribution in [0.1, 0.15) is 59.8 Å². The molecular weight excluding hydrogens is 381 g/mol. The second-order valence-corrected chi connectivity index (χ2v) is 8.38. The fraction of sp³-hybridized carbons (Fsp3) is 0.524. The van der Waals surface area contributed by atoms with Crippen molar-refractivity contribution in [2.45, 2.75) is 46.5 Å². The summed E-state index contributed by atoms with van der Waals surface area (Å²) in [6.45, 7) is 9.50. The number of rotatable bonds is 5.